The third kappa shape index (κ3) is 1.55. The fourth-order valence-corrected chi connectivity index (χ4v) is 6.41. The SMILES string of the molecule is CC=NCC1C(CCN)C2CC1C1C3C=CC(C3)C21. The molecule has 0 aromatic rings. The van der Waals surface area contributed by atoms with Gasteiger partial charge in [-0.15, -0.1) is 0 Å². The molecule has 3 fully saturated rings. The molecule has 2 nitrogen and oxygen atoms in total. The predicted molar refractivity (Wildman–Crippen MR) is 79.0 cm³/mol. The minimum Gasteiger partial charge on any atom is -0.330 e. The summed E-state index contributed by atoms with van der Waals surface area (Å²) in [5.41, 5.74) is 5.89. The maximum Gasteiger partial charge on any atom is 0.0419 e. The van der Waals surface area contributed by atoms with Gasteiger partial charge in [-0.25, -0.2) is 0 Å². The Bertz CT molecular complexity index is 413. The molecule has 2 heteroatoms. The van der Waals surface area contributed by atoms with Crippen LogP contribution in [-0.2, 0) is 0 Å². The average molecular weight is 258 g/mol. The lowest BCUT2D eigenvalue weighted by Gasteiger charge is -2.41. The molecular weight excluding hydrogens is 232 g/mol. The molecule has 2 N–H and O–H groups in total. The van der Waals surface area contributed by atoms with Crippen molar-refractivity contribution < 1.29 is 0 Å². The number of allylic oxidation sites excluding steroid dienone is 2. The van der Waals surface area contributed by atoms with Gasteiger partial charge < -0.3 is 5.73 Å². The molecule has 8 unspecified atom stereocenters. The molecule has 0 radical (unpaired) electrons. The topological polar surface area (TPSA) is 38.4 Å². The summed E-state index contributed by atoms with van der Waals surface area (Å²) in [6.45, 7) is 3.97. The van der Waals surface area contributed by atoms with E-state index in [1.165, 1.54) is 19.3 Å². The lowest BCUT2D eigenvalue weighted by Crippen LogP contribution is -2.39. The Morgan fingerprint density at radius 3 is 2.42 bits per heavy atom. The zero-order valence-corrected chi connectivity index (χ0v) is 11.9. The van der Waals surface area contributed by atoms with E-state index in [1.807, 2.05) is 13.1 Å². The van der Waals surface area contributed by atoms with Crippen LogP contribution in [0.15, 0.2) is 17.1 Å². The van der Waals surface area contributed by atoms with Gasteiger partial charge in [-0.2, -0.15) is 0 Å². The fraction of sp³-hybridized carbons (Fsp3) is 0.824. The Morgan fingerprint density at radius 2 is 1.79 bits per heavy atom. The Labute approximate surface area is 116 Å². The van der Waals surface area contributed by atoms with Crippen LogP contribution >= 0.6 is 0 Å². The second kappa shape index (κ2) is 4.44. The largest absolute Gasteiger partial charge is 0.330 e. The maximum absolute atomic E-state index is 5.89. The van der Waals surface area contributed by atoms with Gasteiger partial charge in [0.15, 0.2) is 0 Å². The first-order chi connectivity index (χ1) is 9.35. The Hall–Kier alpha value is -0.630. The Kier molecular flexibility index (Phi) is 2.84. The van der Waals surface area contributed by atoms with Gasteiger partial charge >= 0.3 is 0 Å². The minimum absolute atomic E-state index is 0.832. The van der Waals surface area contributed by atoms with Crippen LogP contribution in [0.2, 0.25) is 0 Å². The summed E-state index contributed by atoms with van der Waals surface area (Å²) < 4.78 is 0. The summed E-state index contributed by atoms with van der Waals surface area (Å²) in [5, 5.41) is 0. The van der Waals surface area contributed by atoms with Crippen molar-refractivity contribution in [3.63, 3.8) is 0 Å². The monoisotopic (exact) mass is 258 g/mol. The highest BCUT2D eigenvalue weighted by Gasteiger charge is 2.63. The normalized spacial score (nSPS) is 53.6. The van der Waals surface area contributed by atoms with Crippen molar-refractivity contribution in [3.8, 4) is 0 Å². The smallest absolute Gasteiger partial charge is 0.0419 e. The van der Waals surface area contributed by atoms with Crippen molar-refractivity contribution in [2.24, 2.45) is 58.1 Å². The van der Waals surface area contributed by atoms with Gasteiger partial charge in [0.2, 0.25) is 0 Å². The van der Waals surface area contributed by atoms with E-state index in [2.05, 4.69) is 17.1 Å². The summed E-state index contributed by atoms with van der Waals surface area (Å²) in [4.78, 5) is 4.60. The Balaban J connectivity index is 1.62. The zero-order chi connectivity index (χ0) is 13.0. The lowest BCUT2D eigenvalue weighted by atomic mass is 9.64. The molecule has 0 aromatic carbocycles. The lowest BCUT2D eigenvalue weighted by molar-refractivity contribution is 0.0885. The van der Waals surface area contributed by atoms with Crippen LogP contribution < -0.4 is 5.73 Å². The second-order valence-corrected chi connectivity index (χ2v) is 7.19. The number of nitrogens with zero attached hydrogens (tertiary/aromatic N) is 1. The first-order valence-electron chi connectivity index (χ1n) is 8.18. The van der Waals surface area contributed by atoms with Crippen LogP contribution in [0.4, 0.5) is 0 Å². The van der Waals surface area contributed by atoms with Gasteiger partial charge in [0.05, 0.1) is 0 Å². The van der Waals surface area contributed by atoms with Gasteiger partial charge in [-0.3, -0.25) is 4.99 Å². The minimum atomic E-state index is 0.832. The quantitative estimate of drug-likeness (QED) is 0.470. The molecule has 4 rings (SSSR count). The standard InChI is InChI=1S/C17H26N2/c1-2-19-9-15-12(5-6-18)13-8-14(15)17-11-4-3-10(7-11)16(13)17/h2-4,10-17H,5-9,18H2,1H3. The van der Waals surface area contributed by atoms with Crippen molar-refractivity contribution in [2.45, 2.75) is 26.2 Å². The summed E-state index contributed by atoms with van der Waals surface area (Å²) in [7, 11) is 0. The van der Waals surface area contributed by atoms with E-state index in [-0.39, 0.29) is 0 Å². The van der Waals surface area contributed by atoms with Crippen LogP contribution in [0, 0.1) is 47.3 Å². The molecule has 19 heavy (non-hydrogen) atoms. The fourth-order valence-electron chi connectivity index (χ4n) is 6.41. The van der Waals surface area contributed by atoms with Crippen molar-refractivity contribution >= 4 is 6.21 Å². The highest BCUT2D eigenvalue weighted by atomic mass is 14.8. The molecule has 0 saturated heterocycles. The van der Waals surface area contributed by atoms with Crippen molar-refractivity contribution in [1.82, 2.24) is 0 Å². The second-order valence-electron chi connectivity index (χ2n) is 7.19. The van der Waals surface area contributed by atoms with Crippen LogP contribution in [0.1, 0.15) is 26.2 Å². The third-order valence-electron chi connectivity index (χ3n) is 6.76. The Morgan fingerprint density at radius 1 is 1.11 bits per heavy atom. The van der Waals surface area contributed by atoms with Crippen molar-refractivity contribution in [1.29, 1.82) is 0 Å². The van der Waals surface area contributed by atoms with Gasteiger partial charge in [0.1, 0.15) is 0 Å². The number of hydrogen-bond donors (Lipinski definition) is 1. The molecular formula is C17H26N2. The van der Waals surface area contributed by atoms with Crippen LogP contribution in [0.25, 0.3) is 0 Å². The molecule has 0 aromatic heterocycles. The third-order valence-corrected chi connectivity index (χ3v) is 6.76. The molecule has 4 bridgehead atoms. The molecule has 104 valence electrons. The van der Waals surface area contributed by atoms with Gasteiger partial charge in [0.25, 0.3) is 0 Å². The summed E-state index contributed by atoms with van der Waals surface area (Å²) in [6, 6.07) is 0. The molecule has 8 atom stereocenters. The first-order valence-corrected chi connectivity index (χ1v) is 8.18. The zero-order valence-electron chi connectivity index (χ0n) is 11.9. The van der Waals surface area contributed by atoms with E-state index in [9.17, 15) is 0 Å². The number of hydrogen-bond acceptors (Lipinski definition) is 2. The first kappa shape index (κ1) is 12.1. The molecule has 0 aliphatic heterocycles. The van der Waals surface area contributed by atoms with E-state index in [4.69, 9.17) is 5.73 Å². The van der Waals surface area contributed by atoms with E-state index in [0.29, 0.717) is 0 Å². The van der Waals surface area contributed by atoms with E-state index >= 15 is 0 Å². The van der Waals surface area contributed by atoms with Crippen LogP contribution in [-0.4, -0.2) is 19.3 Å². The molecule has 4 aliphatic carbocycles. The van der Waals surface area contributed by atoms with Crippen LogP contribution in [0.3, 0.4) is 0 Å². The summed E-state index contributed by atoms with van der Waals surface area (Å²) in [5.74, 6) is 7.47. The van der Waals surface area contributed by atoms with Crippen molar-refractivity contribution in [2.75, 3.05) is 13.1 Å². The molecule has 0 heterocycles. The van der Waals surface area contributed by atoms with Gasteiger partial charge in [-0.05, 0) is 86.3 Å². The molecule has 0 amide bonds. The number of fused-ring (bicyclic) bond motifs is 9. The van der Waals surface area contributed by atoms with Crippen LogP contribution in [0.5, 0.6) is 0 Å². The molecule has 4 aliphatic rings. The highest BCUT2D eigenvalue weighted by molar-refractivity contribution is 5.53. The van der Waals surface area contributed by atoms with Gasteiger partial charge in [-0.1, -0.05) is 12.2 Å². The van der Waals surface area contributed by atoms with E-state index < -0.39 is 0 Å². The molecule has 3 saturated carbocycles. The summed E-state index contributed by atoms with van der Waals surface area (Å²) >= 11 is 0. The highest BCUT2D eigenvalue weighted by Crippen LogP contribution is 2.69. The number of nitrogens with two attached hydrogens (primary N) is 1. The summed E-state index contributed by atoms with van der Waals surface area (Å²) in [6.07, 6.45) is 11.2. The predicted octanol–water partition coefficient (Wildman–Crippen LogP) is 2.75. The average Bonchev–Trinajstić information content (AvgIpc) is 3.14. The van der Waals surface area contributed by atoms with Crippen molar-refractivity contribution in [3.05, 3.63) is 12.2 Å². The van der Waals surface area contributed by atoms with E-state index in [0.717, 1.165) is 60.4 Å². The maximum atomic E-state index is 5.89. The number of rotatable bonds is 4. The van der Waals surface area contributed by atoms with E-state index in [1.54, 1.807) is 0 Å². The number of aliphatic imine (C=N–C) groups is 1. The molecule has 0 spiro atoms. The van der Waals surface area contributed by atoms with Gasteiger partial charge in [0, 0.05) is 6.54 Å².